The van der Waals surface area contributed by atoms with Gasteiger partial charge in [-0.15, -0.1) is 0 Å². The van der Waals surface area contributed by atoms with E-state index in [1.54, 1.807) is 11.4 Å². The van der Waals surface area contributed by atoms with E-state index in [1.165, 1.54) is 5.57 Å². The minimum absolute atomic E-state index is 0.195. The Labute approximate surface area is 99.1 Å². The van der Waals surface area contributed by atoms with E-state index < -0.39 is 0 Å². The highest BCUT2D eigenvalue weighted by Gasteiger charge is 2.07. The monoisotopic (exact) mass is 240 g/mol. The summed E-state index contributed by atoms with van der Waals surface area (Å²) in [6, 6.07) is 1.61. The SMILES string of the molecule is CCCNCC(C)=Cc1csc([N+](=O)[O-])c1. The summed E-state index contributed by atoms with van der Waals surface area (Å²) in [6.07, 6.45) is 3.09. The summed E-state index contributed by atoms with van der Waals surface area (Å²) in [4.78, 5) is 10.1. The fourth-order valence-electron chi connectivity index (χ4n) is 1.31. The Kier molecular flexibility index (Phi) is 5.14. The van der Waals surface area contributed by atoms with Gasteiger partial charge in [-0.2, -0.15) is 0 Å². The number of rotatable bonds is 6. The fraction of sp³-hybridized carbons (Fsp3) is 0.455. The number of hydrogen-bond acceptors (Lipinski definition) is 4. The maximum atomic E-state index is 10.5. The first kappa shape index (κ1) is 12.9. The van der Waals surface area contributed by atoms with E-state index in [0.29, 0.717) is 0 Å². The third-order valence-electron chi connectivity index (χ3n) is 2.03. The molecule has 0 radical (unpaired) electrons. The molecule has 88 valence electrons. The Morgan fingerprint density at radius 1 is 1.69 bits per heavy atom. The van der Waals surface area contributed by atoms with E-state index in [0.717, 1.165) is 36.4 Å². The van der Waals surface area contributed by atoms with Gasteiger partial charge >= 0.3 is 5.00 Å². The normalized spacial score (nSPS) is 11.8. The number of hydrogen-bond donors (Lipinski definition) is 1. The summed E-state index contributed by atoms with van der Waals surface area (Å²) in [6.45, 7) is 5.97. The first-order chi connectivity index (χ1) is 7.63. The quantitative estimate of drug-likeness (QED) is 0.472. The van der Waals surface area contributed by atoms with Gasteiger partial charge in [0.15, 0.2) is 0 Å². The highest BCUT2D eigenvalue weighted by atomic mass is 32.1. The van der Waals surface area contributed by atoms with E-state index in [-0.39, 0.29) is 9.92 Å². The second-order valence-electron chi connectivity index (χ2n) is 3.64. The van der Waals surface area contributed by atoms with Crippen LogP contribution in [0.2, 0.25) is 0 Å². The molecule has 0 saturated carbocycles. The van der Waals surface area contributed by atoms with Crippen LogP contribution < -0.4 is 5.32 Å². The molecule has 0 unspecified atom stereocenters. The van der Waals surface area contributed by atoms with Gasteiger partial charge in [0.05, 0.1) is 4.92 Å². The van der Waals surface area contributed by atoms with Crippen LogP contribution in [0.1, 0.15) is 25.8 Å². The molecule has 1 heterocycles. The van der Waals surface area contributed by atoms with E-state index in [9.17, 15) is 10.1 Å². The molecule has 0 atom stereocenters. The molecule has 16 heavy (non-hydrogen) atoms. The van der Waals surface area contributed by atoms with Crippen molar-refractivity contribution in [1.29, 1.82) is 0 Å². The van der Waals surface area contributed by atoms with Crippen LogP contribution >= 0.6 is 11.3 Å². The summed E-state index contributed by atoms with van der Waals surface area (Å²) in [5.74, 6) is 0. The molecule has 0 fully saturated rings. The third-order valence-corrected chi connectivity index (χ3v) is 2.93. The van der Waals surface area contributed by atoms with E-state index in [2.05, 4.69) is 12.2 Å². The van der Waals surface area contributed by atoms with Crippen LogP contribution in [0.4, 0.5) is 5.00 Å². The number of nitrogens with one attached hydrogen (secondary N) is 1. The minimum Gasteiger partial charge on any atom is -0.313 e. The van der Waals surface area contributed by atoms with Crippen LogP contribution in [0.15, 0.2) is 17.0 Å². The molecular weight excluding hydrogens is 224 g/mol. The van der Waals surface area contributed by atoms with Gasteiger partial charge in [0.2, 0.25) is 0 Å². The molecule has 5 heteroatoms. The second kappa shape index (κ2) is 6.40. The molecule has 1 rings (SSSR count). The van der Waals surface area contributed by atoms with Crippen LogP contribution in [-0.4, -0.2) is 18.0 Å². The zero-order valence-corrected chi connectivity index (χ0v) is 10.3. The lowest BCUT2D eigenvalue weighted by atomic mass is 10.2. The standard InChI is InChI=1S/C11H16N2O2S/c1-3-4-12-7-9(2)5-10-6-11(13(14)15)16-8-10/h5-6,8,12H,3-4,7H2,1-2H3. The number of nitrogens with zero attached hydrogens (tertiary/aromatic N) is 1. The summed E-state index contributed by atoms with van der Waals surface area (Å²) < 4.78 is 0. The van der Waals surface area contributed by atoms with Crippen molar-refractivity contribution >= 4 is 22.4 Å². The van der Waals surface area contributed by atoms with Crippen LogP contribution in [0.25, 0.3) is 6.08 Å². The zero-order chi connectivity index (χ0) is 12.0. The molecule has 0 amide bonds. The van der Waals surface area contributed by atoms with Crippen molar-refractivity contribution in [2.75, 3.05) is 13.1 Å². The number of thiophene rings is 1. The van der Waals surface area contributed by atoms with Crippen molar-refractivity contribution in [2.45, 2.75) is 20.3 Å². The lowest BCUT2D eigenvalue weighted by Crippen LogP contribution is -2.16. The lowest BCUT2D eigenvalue weighted by Gasteiger charge is -2.02. The molecule has 0 aliphatic rings. The molecule has 0 aliphatic heterocycles. The third kappa shape index (κ3) is 4.12. The van der Waals surface area contributed by atoms with Gasteiger partial charge in [-0.1, -0.05) is 29.9 Å². The maximum Gasteiger partial charge on any atom is 0.324 e. The van der Waals surface area contributed by atoms with Crippen LogP contribution in [0.3, 0.4) is 0 Å². The molecule has 0 aromatic carbocycles. The second-order valence-corrected chi connectivity index (χ2v) is 4.53. The molecule has 4 nitrogen and oxygen atoms in total. The Hall–Kier alpha value is -1.20. The Bertz CT molecular complexity index is 385. The van der Waals surface area contributed by atoms with Crippen molar-refractivity contribution in [3.05, 3.63) is 32.7 Å². The highest BCUT2D eigenvalue weighted by molar-refractivity contribution is 7.13. The van der Waals surface area contributed by atoms with Gasteiger partial charge in [-0.3, -0.25) is 10.1 Å². The maximum absolute atomic E-state index is 10.5. The van der Waals surface area contributed by atoms with Gasteiger partial charge in [0.25, 0.3) is 0 Å². The Morgan fingerprint density at radius 3 is 3.00 bits per heavy atom. The number of nitro groups is 1. The zero-order valence-electron chi connectivity index (χ0n) is 9.53. The van der Waals surface area contributed by atoms with E-state index in [4.69, 9.17) is 0 Å². The fourth-order valence-corrected chi connectivity index (χ4v) is 1.99. The van der Waals surface area contributed by atoms with Crippen molar-refractivity contribution in [3.63, 3.8) is 0 Å². The van der Waals surface area contributed by atoms with Crippen molar-refractivity contribution in [2.24, 2.45) is 0 Å². The molecule has 1 aromatic heterocycles. The predicted molar refractivity (Wildman–Crippen MR) is 67.8 cm³/mol. The van der Waals surface area contributed by atoms with E-state index >= 15 is 0 Å². The van der Waals surface area contributed by atoms with Gasteiger partial charge < -0.3 is 5.32 Å². The van der Waals surface area contributed by atoms with Crippen LogP contribution in [0.5, 0.6) is 0 Å². The summed E-state index contributed by atoms with van der Waals surface area (Å²) in [5, 5.41) is 15.8. The van der Waals surface area contributed by atoms with E-state index in [1.807, 2.05) is 13.0 Å². The lowest BCUT2D eigenvalue weighted by molar-refractivity contribution is -0.380. The topological polar surface area (TPSA) is 55.2 Å². The average molecular weight is 240 g/mol. The van der Waals surface area contributed by atoms with Crippen LogP contribution in [0, 0.1) is 10.1 Å². The van der Waals surface area contributed by atoms with Crippen molar-refractivity contribution in [3.8, 4) is 0 Å². The summed E-state index contributed by atoms with van der Waals surface area (Å²) >= 11 is 1.16. The first-order valence-electron chi connectivity index (χ1n) is 5.24. The molecule has 0 spiro atoms. The molecule has 1 N–H and O–H groups in total. The Morgan fingerprint density at radius 2 is 2.44 bits per heavy atom. The molecule has 1 aromatic rings. The average Bonchev–Trinajstić information content (AvgIpc) is 2.66. The predicted octanol–water partition coefficient (Wildman–Crippen LogP) is 3.06. The van der Waals surface area contributed by atoms with Gasteiger partial charge in [0.1, 0.15) is 0 Å². The van der Waals surface area contributed by atoms with Gasteiger partial charge in [-0.25, -0.2) is 0 Å². The first-order valence-corrected chi connectivity index (χ1v) is 6.12. The smallest absolute Gasteiger partial charge is 0.313 e. The molecular formula is C11H16N2O2S. The van der Waals surface area contributed by atoms with Gasteiger partial charge in [0, 0.05) is 18.0 Å². The van der Waals surface area contributed by atoms with Gasteiger partial charge in [-0.05, 0) is 25.5 Å². The molecule has 0 bridgehead atoms. The summed E-state index contributed by atoms with van der Waals surface area (Å²) in [7, 11) is 0. The largest absolute Gasteiger partial charge is 0.324 e. The van der Waals surface area contributed by atoms with Crippen molar-refractivity contribution < 1.29 is 4.92 Å². The van der Waals surface area contributed by atoms with Crippen LogP contribution in [-0.2, 0) is 0 Å². The van der Waals surface area contributed by atoms with Crippen molar-refractivity contribution in [1.82, 2.24) is 5.32 Å². The minimum atomic E-state index is -0.354. The molecule has 0 saturated heterocycles. The highest BCUT2D eigenvalue weighted by Crippen LogP contribution is 2.23. The molecule has 0 aliphatic carbocycles. The Balaban J connectivity index is 2.56. The summed E-state index contributed by atoms with van der Waals surface area (Å²) in [5.41, 5.74) is 2.09.